The molecule has 0 fully saturated rings. The van der Waals surface area contributed by atoms with Crippen LogP contribution in [0.1, 0.15) is 25.3 Å². The van der Waals surface area contributed by atoms with Gasteiger partial charge < -0.3 is 9.88 Å². The Bertz CT molecular complexity index is 448. The van der Waals surface area contributed by atoms with Gasteiger partial charge >= 0.3 is 0 Å². The SMILES string of the molecule is CC(C)C(CNCCn1ccnc1)c1ccccc1. The van der Waals surface area contributed by atoms with Gasteiger partial charge in [-0.05, 0) is 17.4 Å². The molecule has 0 bridgehead atoms. The monoisotopic (exact) mass is 257 g/mol. The van der Waals surface area contributed by atoms with Crippen molar-refractivity contribution in [3.63, 3.8) is 0 Å². The Hall–Kier alpha value is -1.61. The molecule has 0 amide bonds. The second-order valence-corrected chi connectivity index (χ2v) is 5.27. The number of rotatable bonds is 7. The highest BCUT2D eigenvalue weighted by Gasteiger charge is 2.14. The summed E-state index contributed by atoms with van der Waals surface area (Å²) in [4.78, 5) is 4.05. The van der Waals surface area contributed by atoms with Gasteiger partial charge in [-0.15, -0.1) is 0 Å². The fraction of sp³-hybridized carbons (Fsp3) is 0.438. The van der Waals surface area contributed by atoms with E-state index in [2.05, 4.69) is 59.0 Å². The summed E-state index contributed by atoms with van der Waals surface area (Å²) in [6.07, 6.45) is 5.68. The van der Waals surface area contributed by atoms with Gasteiger partial charge in [-0.2, -0.15) is 0 Å². The molecule has 19 heavy (non-hydrogen) atoms. The van der Waals surface area contributed by atoms with Gasteiger partial charge in [-0.25, -0.2) is 4.98 Å². The van der Waals surface area contributed by atoms with E-state index >= 15 is 0 Å². The first-order chi connectivity index (χ1) is 9.27. The summed E-state index contributed by atoms with van der Waals surface area (Å²) in [5.41, 5.74) is 1.42. The van der Waals surface area contributed by atoms with Gasteiger partial charge in [0.2, 0.25) is 0 Å². The highest BCUT2D eigenvalue weighted by molar-refractivity contribution is 5.20. The molecule has 1 aromatic carbocycles. The molecule has 1 N–H and O–H groups in total. The average Bonchev–Trinajstić information content (AvgIpc) is 2.92. The van der Waals surface area contributed by atoms with Crippen LogP contribution in [0, 0.1) is 5.92 Å². The molecule has 3 nitrogen and oxygen atoms in total. The molecule has 1 heterocycles. The van der Waals surface area contributed by atoms with Crippen LogP contribution in [0.2, 0.25) is 0 Å². The van der Waals surface area contributed by atoms with Gasteiger partial charge in [0.25, 0.3) is 0 Å². The minimum Gasteiger partial charge on any atom is -0.336 e. The molecule has 0 aliphatic rings. The van der Waals surface area contributed by atoms with Gasteiger partial charge in [0.1, 0.15) is 0 Å². The van der Waals surface area contributed by atoms with Crippen LogP contribution in [0.25, 0.3) is 0 Å². The van der Waals surface area contributed by atoms with E-state index in [-0.39, 0.29) is 0 Å². The summed E-state index contributed by atoms with van der Waals surface area (Å²) in [6, 6.07) is 10.8. The zero-order valence-corrected chi connectivity index (χ0v) is 11.8. The second-order valence-electron chi connectivity index (χ2n) is 5.27. The van der Waals surface area contributed by atoms with Crippen LogP contribution < -0.4 is 5.32 Å². The largest absolute Gasteiger partial charge is 0.336 e. The van der Waals surface area contributed by atoms with Crippen LogP contribution >= 0.6 is 0 Å². The zero-order valence-electron chi connectivity index (χ0n) is 11.8. The molecule has 0 aliphatic heterocycles. The molecule has 1 atom stereocenters. The summed E-state index contributed by atoms with van der Waals surface area (Å²) < 4.78 is 2.10. The Morgan fingerprint density at radius 1 is 1.21 bits per heavy atom. The number of aromatic nitrogens is 2. The summed E-state index contributed by atoms with van der Waals surface area (Å²) >= 11 is 0. The number of benzene rings is 1. The minimum absolute atomic E-state index is 0.573. The standard InChI is InChI=1S/C16H23N3/c1-14(2)16(15-6-4-3-5-7-15)12-17-8-10-19-11-9-18-13-19/h3-7,9,11,13-14,16-17H,8,10,12H2,1-2H3. The van der Waals surface area contributed by atoms with Gasteiger partial charge in [-0.1, -0.05) is 44.2 Å². The minimum atomic E-state index is 0.573. The first-order valence-corrected chi connectivity index (χ1v) is 6.99. The van der Waals surface area contributed by atoms with E-state index in [1.807, 2.05) is 18.7 Å². The molecule has 2 aromatic rings. The quantitative estimate of drug-likeness (QED) is 0.773. The third kappa shape index (κ3) is 4.21. The van der Waals surface area contributed by atoms with E-state index in [1.54, 1.807) is 0 Å². The Morgan fingerprint density at radius 2 is 2.00 bits per heavy atom. The molecule has 0 radical (unpaired) electrons. The summed E-state index contributed by atoms with van der Waals surface area (Å²) in [6.45, 7) is 7.55. The normalized spacial score (nSPS) is 12.8. The highest BCUT2D eigenvalue weighted by atomic mass is 15.0. The van der Waals surface area contributed by atoms with Crippen LogP contribution in [-0.2, 0) is 6.54 Å². The number of hydrogen-bond acceptors (Lipinski definition) is 2. The third-order valence-electron chi connectivity index (χ3n) is 3.50. The van der Waals surface area contributed by atoms with Crippen molar-refractivity contribution in [2.75, 3.05) is 13.1 Å². The lowest BCUT2D eigenvalue weighted by molar-refractivity contribution is 0.454. The van der Waals surface area contributed by atoms with E-state index in [0.717, 1.165) is 19.6 Å². The van der Waals surface area contributed by atoms with Gasteiger partial charge in [0, 0.05) is 32.0 Å². The van der Waals surface area contributed by atoms with E-state index in [9.17, 15) is 0 Å². The second kappa shape index (κ2) is 7.10. The van der Waals surface area contributed by atoms with E-state index in [0.29, 0.717) is 11.8 Å². The third-order valence-corrected chi connectivity index (χ3v) is 3.50. The van der Waals surface area contributed by atoms with Crippen molar-refractivity contribution >= 4 is 0 Å². The van der Waals surface area contributed by atoms with Gasteiger partial charge in [0.05, 0.1) is 6.33 Å². The molecular weight excluding hydrogens is 234 g/mol. The van der Waals surface area contributed by atoms with Crippen molar-refractivity contribution in [2.45, 2.75) is 26.3 Å². The van der Waals surface area contributed by atoms with Crippen molar-refractivity contribution in [2.24, 2.45) is 5.92 Å². The Balaban J connectivity index is 1.81. The van der Waals surface area contributed by atoms with E-state index < -0.39 is 0 Å². The van der Waals surface area contributed by atoms with Crippen LogP contribution in [0.5, 0.6) is 0 Å². The summed E-state index contributed by atoms with van der Waals surface area (Å²) in [5.74, 6) is 1.21. The molecular formula is C16H23N3. The molecule has 1 unspecified atom stereocenters. The van der Waals surface area contributed by atoms with Crippen molar-refractivity contribution in [3.8, 4) is 0 Å². The van der Waals surface area contributed by atoms with Gasteiger partial charge in [-0.3, -0.25) is 0 Å². The predicted octanol–water partition coefficient (Wildman–Crippen LogP) is 2.91. The molecule has 2 rings (SSSR count). The zero-order chi connectivity index (χ0) is 13.5. The summed E-state index contributed by atoms with van der Waals surface area (Å²) in [5, 5.41) is 3.55. The maximum atomic E-state index is 4.05. The van der Waals surface area contributed by atoms with Gasteiger partial charge in [0.15, 0.2) is 0 Å². The lowest BCUT2D eigenvalue weighted by Crippen LogP contribution is -2.27. The molecule has 0 saturated carbocycles. The van der Waals surface area contributed by atoms with Crippen molar-refractivity contribution in [1.29, 1.82) is 0 Å². The first-order valence-electron chi connectivity index (χ1n) is 6.99. The average molecular weight is 257 g/mol. The number of nitrogens with zero attached hydrogens (tertiary/aromatic N) is 2. The van der Waals surface area contributed by atoms with Crippen molar-refractivity contribution in [3.05, 3.63) is 54.6 Å². The predicted molar refractivity (Wildman–Crippen MR) is 79.1 cm³/mol. The first kappa shape index (κ1) is 13.8. The number of hydrogen-bond donors (Lipinski definition) is 1. The van der Waals surface area contributed by atoms with Crippen LogP contribution in [0.15, 0.2) is 49.1 Å². The Kier molecular flexibility index (Phi) is 5.16. The fourth-order valence-corrected chi connectivity index (χ4v) is 2.32. The Labute approximate surface area is 115 Å². The number of nitrogens with one attached hydrogen (secondary N) is 1. The van der Waals surface area contributed by atoms with E-state index in [1.165, 1.54) is 5.56 Å². The lowest BCUT2D eigenvalue weighted by atomic mass is 9.88. The Morgan fingerprint density at radius 3 is 2.63 bits per heavy atom. The fourth-order valence-electron chi connectivity index (χ4n) is 2.32. The maximum absolute atomic E-state index is 4.05. The molecule has 0 spiro atoms. The number of imidazole rings is 1. The van der Waals surface area contributed by atoms with Crippen molar-refractivity contribution in [1.82, 2.24) is 14.9 Å². The summed E-state index contributed by atoms with van der Waals surface area (Å²) in [7, 11) is 0. The molecule has 102 valence electrons. The topological polar surface area (TPSA) is 29.9 Å². The maximum Gasteiger partial charge on any atom is 0.0946 e. The molecule has 1 aromatic heterocycles. The van der Waals surface area contributed by atoms with Crippen LogP contribution in [0.4, 0.5) is 0 Å². The van der Waals surface area contributed by atoms with E-state index in [4.69, 9.17) is 0 Å². The van der Waals surface area contributed by atoms with Crippen LogP contribution in [-0.4, -0.2) is 22.6 Å². The van der Waals surface area contributed by atoms with Crippen LogP contribution in [0.3, 0.4) is 0 Å². The molecule has 0 saturated heterocycles. The smallest absolute Gasteiger partial charge is 0.0946 e. The molecule has 3 heteroatoms. The lowest BCUT2D eigenvalue weighted by Gasteiger charge is -2.22. The molecule has 0 aliphatic carbocycles. The van der Waals surface area contributed by atoms with Crippen molar-refractivity contribution < 1.29 is 0 Å². The highest BCUT2D eigenvalue weighted by Crippen LogP contribution is 2.23.